The number of rotatable bonds is 5. The summed E-state index contributed by atoms with van der Waals surface area (Å²) in [6, 6.07) is 5.46. The number of anilines is 2. The summed E-state index contributed by atoms with van der Waals surface area (Å²) in [5.74, 6) is 0.382. The minimum absolute atomic E-state index is 0.121. The van der Waals surface area contributed by atoms with Gasteiger partial charge in [0.15, 0.2) is 0 Å². The molecule has 0 saturated heterocycles. The van der Waals surface area contributed by atoms with Gasteiger partial charge in [-0.3, -0.25) is 15.1 Å². The van der Waals surface area contributed by atoms with Crippen molar-refractivity contribution in [3.63, 3.8) is 0 Å². The number of aromatic amines is 1. The lowest BCUT2D eigenvalue weighted by atomic mass is 10.2. The topological polar surface area (TPSA) is 119 Å². The van der Waals surface area contributed by atoms with Crippen LogP contribution in [0.1, 0.15) is 23.0 Å². The van der Waals surface area contributed by atoms with Crippen molar-refractivity contribution in [1.82, 2.24) is 19.9 Å². The maximum absolute atomic E-state index is 12.0. The average Bonchev–Trinajstić information content (AvgIpc) is 2.62. The second-order valence-corrected chi connectivity index (χ2v) is 5.34. The Morgan fingerprint density at radius 1 is 1.31 bits per heavy atom. The van der Waals surface area contributed by atoms with Crippen LogP contribution in [0.3, 0.4) is 0 Å². The Kier molecular flexibility index (Phi) is 4.78. The number of fused-ring (bicyclic) bond motifs is 1. The van der Waals surface area contributed by atoms with E-state index in [1.165, 1.54) is 0 Å². The average molecular weight is 355 g/mol. The lowest BCUT2D eigenvalue weighted by Gasteiger charge is -2.08. The Morgan fingerprint density at radius 2 is 2.12 bits per heavy atom. The number of H-pyrrole nitrogens is 1. The Balaban J connectivity index is 1.90. The van der Waals surface area contributed by atoms with Crippen molar-refractivity contribution in [1.29, 1.82) is 0 Å². The van der Waals surface area contributed by atoms with Gasteiger partial charge in [0, 0.05) is 5.39 Å². The molecule has 1 aromatic carbocycles. The van der Waals surface area contributed by atoms with Gasteiger partial charge in [-0.05, 0) is 32.0 Å². The zero-order valence-corrected chi connectivity index (χ0v) is 14.5. The third-order valence-corrected chi connectivity index (χ3v) is 3.62. The molecule has 0 unspecified atom stereocenters. The van der Waals surface area contributed by atoms with Crippen LogP contribution in [0.25, 0.3) is 10.9 Å². The molecule has 2 aromatic heterocycles. The number of nitrogens with one attached hydrogen (secondary N) is 2. The molecule has 134 valence electrons. The largest absolute Gasteiger partial charge is 0.497 e. The molecular weight excluding hydrogens is 338 g/mol. The van der Waals surface area contributed by atoms with Gasteiger partial charge in [0.05, 0.1) is 31.1 Å². The van der Waals surface area contributed by atoms with Gasteiger partial charge in [-0.25, -0.2) is 19.7 Å². The van der Waals surface area contributed by atoms with Crippen molar-refractivity contribution in [3.8, 4) is 5.75 Å². The molecule has 0 saturated carbocycles. The van der Waals surface area contributed by atoms with Crippen molar-refractivity contribution in [2.75, 3.05) is 19.0 Å². The molecule has 0 atom stereocenters. The molecule has 0 bridgehead atoms. The number of benzene rings is 1. The van der Waals surface area contributed by atoms with Gasteiger partial charge in [0.1, 0.15) is 11.3 Å². The van der Waals surface area contributed by atoms with E-state index in [1.807, 2.05) is 19.1 Å². The van der Waals surface area contributed by atoms with Gasteiger partial charge in [0.25, 0.3) is 5.56 Å². The Hall–Kier alpha value is -3.49. The molecule has 2 heterocycles. The van der Waals surface area contributed by atoms with Gasteiger partial charge >= 0.3 is 5.97 Å². The zero-order chi connectivity index (χ0) is 18.7. The molecule has 9 heteroatoms. The summed E-state index contributed by atoms with van der Waals surface area (Å²) in [7, 11) is 1.59. The molecule has 0 aliphatic heterocycles. The first kappa shape index (κ1) is 17.3. The number of carbonyl (C=O) groups excluding carboxylic acids is 1. The van der Waals surface area contributed by atoms with Crippen LogP contribution in [-0.2, 0) is 4.74 Å². The predicted octanol–water partition coefficient (Wildman–Crippen LogP) is 1.95. The molecule has 0 spiro atoms. The molecule has 3 aromatic rings. The fourth-order valence-corrected chi connectivity index (χ4v) is 2.36. The Bertz CT molecular complexity index is 1030. The minimum Gasteiger partial charge on any atom is -0.497 e. The predicted molar refractivity (Wildman–Crippen MR) is 94.9 cm³/mol. The molecule has 0 aliphatic carbocycles. The second-order valence-electron chi connectivity index (χ2n) is 5.34. The highest BCUT2D eigenvalue weighted by Gasteiger charge is 2.13. The first-order valence-corrected chi connectivity index (χ1v) is 7.87. The fraction of sp³-hybridized carbons (Fsp3) is 0.235. The summed E-state index contributed by atoms with van der Waals surface area (Å²) < 4.78 is 10.0. The van der Waals surface area contributed by atoms with Crippen LogP contribution >= 0.6 is 0 Å². The van der Waals surface area contributed by atoms with E-state index in [0.717, 1.165) is 17.3 Å². The summed E-state index contributed by atoms with van der Waals surface area (Å²) in [4.78, 5) is 38.9. The van der Waals surface area contributed by atoms with E-state index in [4.69, 9.17) is 9.47 Å². The van der Waals surface area contributed by atoms with E-state index in [-0.39, 0.29) is 24.1 Å². The molecular formula is C17H17N5O4. The quantitative estimate of drug-likeness (QED) is 0.667. The molecule has 0 amide bonds. The van der Waals surface area contributed by atoms with Gasteiger partial charge in [0.2, 0.25) is 11.9 Å². The van der Waals surface area contributed by atoms with Gasteiger partial charge in [-0.1, -0.05) is 0 Å². The third-order valence-electron chi connectivity index (χ3n) is 3.62. The number of hydrogen-bond donors (Lipinski definition) is 2. The number of ether oxygens (including phenoxy) is 2. The van der Waals surface area contributed by atoms with E-state index in [1.54, 1.807) is 20.1 Å². The molecule has 26 heavy (non-hydrogen) atoms. The van der Waals surface area contributed by atoms with Crippen molar-refractivity contribution in [2.45, 2.75) is 13.8 Å². The highest BCUT2D eigenvalue weighted by Crippen LogP contribution is 2.23. The molecule has 0 aliphatic rings. The number of aryl methyl sites for hydroxylation is 1. The Labute approximate surface area is 148 Å². The maximum Gasteiger partial charge on any atom is 0.345 e. The van der Waals surface area contributed by atoms with Gasteiger partial charge < -0.3 is 9.47 Å². The third kappa shape index (κ3) is 3.46. The van der Waals surface area contributed by atoms with Crippen LogP contribution in [-0.4, -0.2) is 39.6 Å². The van der Waals surface area contributed by atoms with Crippen LogP contribution in [0, 0.1) is 6.92 Å². The van der Waals surface area contributed by atoms with E-state index in [2.05, 4.69) is 25.3 Å². The van der Waals surface area contributed by atoms with Crippen LogP contribution in [0.4, 0.5) is 11.9 Å². The number of carbonyl (C=O) groups is 1. The highest BCUT2D eigenvalue weighted by molar-refractivity contribution is 5.88. The molecule has 0 radical (unpaired) electrons. The summed E-state index contributed by atoms with van der Waals surface area (Å²) in [5, 5.41) is 3.69. The first-order valence-electron chi connectivity index (χ1n) is 7.87. The first-order chi connectivity index (χ1) is 12.5. The van der Waals surface area contributed by atoms with Crippen LogP contribution in [0.5, 0.6) is 5.75 Å². The van der Waals surface area contributed by atoms with E-state index in [9.17, 15) is 9.59 Å². The highest BCUT2D eigenvalue weighted by atomic mass is 16.5. The number of nitrogens with zero attached hydrogens (tertiary/aromatic N) is 3. The maximum atomic E-state index is 12.0. The lowest BCUT2D eigenvalue weighted by molar-refractivity contribution is 0.0524. The molecule has 0 fully saturated rings. The smallest absolute Gasteiger partial charge is 0.345 e. The number of methoxy groups -OCH3 is 1. The molecule has 9 nitrogen and oxygen atoms in total. The number of hydrogen-bond acceptors (Lipinski definition) is 8. The second kappa shape index (κ2) is 7.18. The van der Waals surface area contributed by atoms with Crippen molar-refractivity contribution in [3.05, 3.63) is 46.0 Å². The van der Waals surface area contributed by atoms with Gasteiger partial charge in [-0.15, -0.1) is 0 Å². The van der Waals surface area contributed by atoms with E-state index >= 15 is 0 Å². The monoisotopic (exact) mass is 355 g/mol. The Morgan fingerprint density at radius 3 is 2.81 bits per heavy atom. The SMILES string of the molecule is CCOC(=O)c1cnc(Nc2nc(C)c3cc(OC)ccc3n2)[nH]c1=O. The lowest BCUT2D eigenvalue weighted by Crippen LogP contribution is -2.21. The number of aromatic nitrogens is 4. The molecule has 3 rings (SSSR count). The fourth-order valence-electron chi connectivity index (χ4n) is 2.36. The van der Waals surface area contributed by atoms with Crippen molar-refractivity contribution >= 4 is 28.8 Å². The van der Waals surface area contributed by atoms with E-state index in [0.29, 0.717) is 11.3 Å². The van der Waals surface area contributed by atoms with E-state index < -0.39 is 11.5 Å². The normalized spacial score (nSPS) is 10.6. The van der Waals surface area contributed by atoms with Crippen LogP contribution in [0.2, 0.25) is 0 Å². The standard InChI is InChI=1S/C17H17N5O4/c1-4-26-15(24)12-8-18-16(21-14(12)23)22-17-19-9(2)11-7-10(25-3)5-6-13(11)20-17/h5-8H,4H2,1-3H3,(H2,18,19,20,21,22,23). The minimum atomic E-state index is -0.723. The summed E-state index contributed by atoms with van der Waals surface area (Å²) in [6.07, 6.45) is 1.15. The molecule has 2 N–H and O–H groups in total. The number of esters is 1. The van der Waals surface area contributed by atoms with Crippen LogP contribution < -0.4 is 15.6 Å². The van der Waals surface area contributed by atoms with Crippen molar-refractivity contribution in [2.24, 2.45) is 0 Å². The van der Waals surface area contributed by atoms with Gasteiger partial charge in [-0.2, -0.15) is 0 Å². The van der Waals surface area contributed by atoms with Crippen LogP contribution in [0.15, 0.2) is 29.2 Å². The summed E-state index contributed by atoms with van der Waals surface area (Å²) in [5.41, 5.74) is 0.677. The summed E-state index contributed by atoms with van der Waals surface area (Å²) >= 11 is 0. The summed E-state index contributed by atoms with van der Waals surface area (Å²) in [6.45, 7) is 3.67. The zero-order valence-electron chi connectivity index (χ0n) is 14.5. The van der Waals surface area contributed by atoms with Crippen molar-refractivity contribution < 1.29 is 14.3 Å².